The summed E-state index contributed by atoms with van der Waals surface area (Å²) in [6, 6.07) is 9.26. The summed E-state index contributed by atoms with van der Waals surface area (Å²) in [5.74, 6) is 0.864. The second-order valence-corrected chi connectivity index (χ2v) is 6.52. The summed E-state index contributed by atoms with van der Waals surface area (Å²) in [5, 5.41) is 12.1. The highest BCUT2D eigenvalue weighted by Gasteiger charge is 2.17. The third kappa shape index (κ3) is 3.27. The van der Waals surface area contributed by atoms with Crippen molar-refractivity contribution < 1.29 is 13.9 Å². The Morgan fingerprint density at radius 1 is 1.14 bits per heavy atom. The third-order valence-electron chi connectivity index (χ3n) is 4.48. The van der Waals surface area contributed by atoms with E-state index in [2.05, 4.69) is 15.3 Å². The molecule has 0 unspecified atom stereocenters. The first kappa shape index (κ1) is 18.8. The molecule has 0 aliphatic rings. The van der Waals surface area contributed by atoms with Crippen LogP contribution in [-0.4, -0.2) is 38.8 Å². The maximum Gasteiger partial charge on any atom is 0.278 e. The molecular formula is C19H16FN5O3S. The maximum atomic E-state index is 13.3. The third-order valence-corrected chi connectivity index (χ3v) is 4.75. The topological polar surface area (TPSA) is 87.0 Å². The van der Waals surface area contributed by atoms with Crippen LogP contribution in [0.15, 0.2) is 47.4 Å². The van der Waals surface area contributed by atoms with Crippen molar-refractivity contribution in [2.75, 3.05) is 14.2 Å². The van der Waals surface area contributed by atoms with Crippen LogP contribution in [0.3, 0.4) is 0 Å². The monoisotopic (exact) mass is 413 g/mol. The van der Waals surface area contributed by atoms with Gasteiger partial charge in [-0.15, -0.1) is 0 Å². The number of nitrogens with zero attached hydrogens (tertiary/aromatic N) is 4. The number of hydrogen-bond donors (Lipinski definition) is 1. The van der Waals surface area contributed by atoms with Gasteiger partial charge in [-0.2, -0.15) is 10.2 Å². The van der Waals surface area contributed by atoms with E-state index in [0.717, 1.165) is 0 Å². The van der Waals surface area contributed by atoms with E-state index in [9.17, 15) is 9.18 Å². The van der Waals surface area contributed by atoms with E-state index in [1.165, 1.54) is 31.0 Å². The van der Waals surface area contributed by atoms with E-state index in [1.807, 2.05) is 0 Å². The number of aromatic nitrogens is 5. The van der Waals surface area contributed by atoms with E-state index in [4.69, 9.17) is 21.7 Å². The molecule has 0 fully saturated rings. The zero-order valence-corrected chi connectivity index (χ0v) is 16.4. The Bertz CT molecular complexity index is 1310. The Morgan fingerprint density at radius 3 is 2.59 bits per heavy atom. The van der Waals surface area contributed by atoms with Gasteiger partial charge in [0.15, 0.2) is 22.1 Å². The number of hydrogen-bond acceptors (Lipinski definition) is 6. The minimum Gasteiger partial charge on any atom is -0.493 e. The van der Waals surface area contributed by atoms with Gasteiger partial charge in [0.25, 0.3) is 5.56 Å². The molecule has 2 aromatic carbocycles. The summed E-state index contributed by atoms with van der Waals surface area (Å²) >= 11 is 5.29. The van der Waals surface area contributed by atoms with Gasteiger partial charge in [-0.25, -0.2) is 9.07 Å². The lowest BCUT2D eigenvalue weighted by Gasteiger charge is -2.12. The van der Waals surface area contributed by atoms with Gasteiger partial charge in [0.05, 0.1) is 25.8 Å². The molecule has 0 bridgehead atoms. The van der Waals surface area contributed by atoms with Crippen molar-refractivity contribution in [2.45, 2.75) is 6.54 Å². The normalized spacial score (nSPS) is 11.0. The van der Waals surface area contributed by atoms with Gasteiger partial charge < -0.3 is 9.47 Å². The number of nitrogens with one attached hydrogen (secondary N) is 1. The largest absolute Gasteiger partial charge is 0.493 e. The number of benzene rings is 2. The Kier molecular flexibility index (Phi) is 4.85. The average Bonchev–Trinajstić information content (AvgIpc) is 3.10. The number of rotatable bonds is 5. The first-order valence-electron chi connectivity index (χ1n) is 8.56. The van der Waals surface area contributed by atoms with Crippen molar-refractivity contribution in [1.82, 2.24) is 24.5 Å². The molecule has 29 heavy (non-hydrogen) atoms. The van der Waals surface area contributed by atoms with E-state index in [0.29, 0.717) is 38.6 Å². The van der Waals surface area contributed by atoms with Crippen molar-refractivity contribution in [3.05, 3.63) is 69.4 Å². The van der Waals surface area contributed by atoms with Crippen molar-refractivity contribution in [3.63, 3.8) is 0 Å². The fourth-order valence-corrected chi connectivity index (χ4v) is 3.38. The summed E-state index contributed by atoms with van der Waals surface area (Å²) in [7, 11) is 2.98. The molecule has 4 aromatic rings. The minimum absolute atomic E-state index is 0.0413. The van der Waals surface area contributed by atoms with Gasteiger partial charge in [0.2, 0.25) is 0 Å². The fraction of sp³-hybridized carbons (Fsp3) is 0.158. The van der Waals surface area contributed by atoms with Crippen molar-refractivity contribution in [3.8, 4) is 17.2 Å². The molecule has 4 rings (SSSR count). The van der Waals surface area contributed by atoms with Crippen LogP contribution in [0, 0.1) is 10.6 Å². The van der Waals surface area contributed by atoms with Crippen LogP contribution < -0.4 is 15.0 Å². The molecule has 0 aliphatic carbocycles. The quantitative estimate of drug-likeness (QED) is 0.507. The van der Waals surface area contributed by atoms with Crippen LogP contribution >= 0.6 is 12.2 Å². The predicted molar refractivity (Wildman–Crippen MR) is 107 cm³/mol. The Balaban J connectivity index is 1.84. The maximum absolute atomic E-state index is 13.3. The highest BCUT2D eigenvalue weighted by molar-refractivity contribution is 7.71. The Hall–Kier alpha value is -3.53. The SMILES string of the molecule is COc1ccc2cnn(Cc3n[nH]c(=S)n3-c3ccc(F)cc3)c(=O)c2c1OC. The Labute approximate surface area is 169 Å². The van der Waals surface area contributed by atoms with Crippen molar-refractivity contribution in [2.24, 2.45) is 0 Å². The van der Waals surface area contributed by atoms with Crippen LogP contribution in [0.25, 0.3) is 16.5 Å². The molecule has 2 aromatic heterocycles. The van der Waals surface area contributed by atoms with E-state index in [1.54, 1.807) is 35.0 Å². The molecule has 0 aliphatic heterocycles. The smallest absolute Gasteiger partial charge is 0.278 e. The fourth-order valence-electron chi connectivity index (χ4n) is 3.12. The zero-order valence-electron chi connectivity index (χ0n) is 15.5. The summed E-state index contributed by atoms with van der Waals surface area (Å²) in [6.45, 7) is 0.0413. The van der Waals surface area contributed by atoms with Gasteiger partial charge in [0, 0.05) is 11.1 Å². The number of H-pyrrole nitrogens is 1. The minimum atomic E-state index is -0.363. The molecule has 0 atom stereocenters. The standard InChI is InChI=1S/C19H16FN5O3S/c1-27-14-8-3-11-9-21-24(18(26)16(11)17(14)28-2)10-15-22-23-19(29)25(15)13-6-4-12(20)5-7-13/h3-9H,10H2,1-2H3,(H,23,29). The molecule has 1 N–H and O–H groups in total. The molecule has 0 spiro atoms. The molecule has 0 radical (unpaired) electrons. The number of aromatic amines is 1. The molecule has 2 heterocycles. The molecule has 148 valence electrons. The molecule has 0 amide bonds. The second-order valence-electron chi connectivity index (χ2n) is 6.13. The average molecular weight is 413 g/mol. The summed E-state index contributed by atoms with van der Waals surface area (Å²) in [6.07, 6.45) is 1.57. The van der Waals surface area contributed by atoms with Gasteiger partial charge >= 0.3 is 0 Å². The van der Waals surface area contributed by atoms with Crippen LogP contribution in [0.1, 0.15) is 5.82 Å². The van der Waals surface area contributed by atoms with E-state index < -0.39 is 0 Å². The van der Waals surface area contributed by atoms with Gasteiger partial charge in [-0.3, -0.25) is 14.5 Å². The van der Waals surface area contributed by atoms with Crippen LogP contribution in [-0.2, 0) is 6.54 Å². The van der Waals surface area contributed by atoms with E-state index in [-0.39, 0.29) is 17.9 Å². The van der Waals surface area contributed by atoms with Crippen LogP contribution in [0.4, 0.5) is 4.39 Å². The lowest BCUT2D eigenvalue weighted by atomic mass is 10.1. The highest BCUT2D eigenvalue weighted by Crippen LogP contribution is 2.32. The van der Waals surface area contributed by atoms with E-state index >= 15 is 0 Å². The summed E-state index contributed by atoms with van der Waals surface area (Å²) in [5.41, 5.74) is 0.256. The number of methoxy groups -OCH3 is 2. The number of ether oxygens (including phenoxy) is 2. The summed E-state index contributed by atoms with van der Waals surface area (Å²) < 4.78 is 27.2. The van der Waals surface area contributed by atoms with Gasteiger partial charge in [-0.05, 0) is 48.6 Å². The lowest BCUT2D eigenvalue weighted by molar-refractivity contribution is 0.358. The molecule has 0 saturated heterocycles. The lowest BCUT2D eigenvalue weighted by Crippen LogP contribution is -2.25. The molecule has 8 nitrogen and oxygen atoms in total. The highest BCUT2D eigenvalue weighted by atomic mass is 32.1. The Morgan fingerprint density at radius 2 is 1.90 bits per heavy atom. The molecular weight excluding hydrogens is 397 g/mol. The predicted octanol–water partition coefficient (Wildman–Crippen LogP) is 2.84. The first-order chi connectivity index (χ1) is 14.0. The van der Waals surface area contributed by atoms with Gasteiger partial charge in [-0.1, -0.05) is 0 Å². The zero-order chi connectivity index (χ0) is 20.5. The molecule has 10 heteroatoms. The first-order valence-corrected chi connectivity index (χ1v) is 8.97. The number of halogens is 1. The summed E-state index contributed by atoms with van der Waals surface area (Å²) in [4.78, 5) is 13.1. The van der Waals surface area contributed by atoms with Crippen molar-refractivity contribution >= 4 is 23.0 Å². The molecule has 0 saturated carbocycles. The van der Waals surface area contributed by atoms with Crippen LogP contribution in [0.5, 0.6) is 11.5 Å². The second kappa shape index (κ2) is 7.47. The van der Waals surface area contributed by atoms with Gasteiger partial charge in [0.1, 0.15) is 12.4 Å². The van der Waals surface area contributed by atoms with Crippen molar-refractivity contribution in [1.29, 1.82) is 0 Å². The van der Waals surface area contributed by atoms with Crippen LogP contribution in [0.2, 0.25) is 0 Å². The number of fused-ring (bicyclic) bond motifs is 1.